The van der Waals surface area contributed by atoms with Crippen LogP contribution in [0.1, 0.15) is 25.0 Å². The lowest BCUT2D eigenvalue weighted by atomic mass is 10.0. The first-order valence-corrected chi connectivity index (χ1v) is 11.5. The van der Waals surface area contributed by atoms with Crippen LogP contribution in [0.5, 0.6) is 0 Å². The maximum atomic E-state index is 5.81. The van der Waals surface area contributed by atoms with E-state index in [1.807, 2.05) is 98.8 Å². The molecule has 0 N–H and O–H groups in total. The molecular weight excluding hydrogens is 420 g/mol. The van der Waals surface area contributed by atoms with Crippen LogP contribution in [-0.2, 0) is 9.47 Å². The van der Waals surface area contributed by atoms with Crippen molar-refractivity contribution in [3.8, 4) is 11.1 Å². The molecule has 34 heavy (non-hydrogen) atoms. The lowest BCUT2D eigenvalue weighted by molar-refractivity contribution is 0.328. The minimum atomic E-state index is 0.557. The Hall–Kier alpha value is -4.18. The molecule has 0 fully saturated rings. The minimum absolute atomic E-state index is 0.557. The van der Waals surface area contributed by atoms with Gasteiger partial charge in [-0.05, 0) is 73.5 Å². The molecular formula is C30H28N2O2. The van der Waals surface area contributed by atoms with E-state index in [1.165, 1.54) is 0 Å². The summed E-state index contributed by atoms with van der Waals surface area (Å²) < 4.78 is 11.6. The molecule has 4 heteroatoms. The van der Waals surface area contributed by atoms with Crippen molar-refractivity contribution in [2.45, 2.75) is 13.8 Å². The van der Waals surface area contributed by atoms with E-state index in [4.69, 9.17) is 9.47 Å². The molecule has 0 heterocycles. The maximum Gasteiger partial charge on any atom is 0.221 e. The Morgan fingerprint density at radius 1 is 0.500 bits per heavy atom. The number of ether oxygens (including phenoxy) is 2. The van der Waals surface area contributed by atoms with Gasteiger partial charge in [0.2, 0.25) is 11.8 Å². The van der Waals surface area contributed by atoms with Gasteiger partial charge in [-0.15, -0.1) is 0 Å². The topological polar surface area (TPSA) is 43.2 Å². The number of nitrogens with zero attached hydrogens (tertiary/aromatic N) is 2. The van der Waals surface area contributed by atoms with Crippen molar-refractivity contribution in [2.24, 2.45) is 9.98 Å². The van der Waals surface area contributed by atoms with E-state index in [9.17, 15) is 0 Å². The summed E-state index contributed by atoms with van der Waals surface area (Å²) in [7, 11) is 0. The van der Waals surface area contributed by atoms with Crippen molar-refractivity contribution in [1.82, 2.24) is 0 Å². The van der Waals surface area contributed by atoms with Gasteiger partial charge in [0.25, 0.3) is 0 Å². The van der Waals surface area contributed by atoms with Gasteiger partial charge in [-0.25, -0.2) is 9.98 Å². The fourth-order valence-electron chi connectivity index (χ4n) is 3.48. The highest BCUT2D eigenvalue weighted by Crippen LogP contribution is 2.23. The molecule has 0 saturated heterocycles. The first kappa shape index (κ1) is 23.0. The second-order valence-corrected chi connectivity index (χ2v) is 7.53. The molecule has 0 aliphatic carbocycles. The Labute approximate surface area is 201 Å². The van der Waals surface area contributed by atoms with Gasteiger partial charge in [-0.2, -0.15) is 0 Å². The van der Waals surface area contributed by atoms with Crippen LogP contribution in [-0.4, -0.2) is 25.0 Å². The molecule has 170 valence electrons. The molecule has 0 saturated carbocycles. The van der Waals surface area contributed by atoms with Crippen molar-refractivity contribution >= 4 is 23.2 Å². The number of hydrogen-bond donors (Lipinski definition) is 0. The highest BCUT2D eigenvalue weighted by Gasteiger charge is 2.08. The third-order valence-electron chi connectivity index (χ3n) is 5.13. The van der Waals surface area contributed by atoms with Crippen molar-refractivity contribution < 1.29 is 9.47 Å². The summed E-state index contributed by atoms with van der Waals surface area (Å²) in [4.78, 5) is 9.34. The quantitative estimate of drug-likeness (QED) is 0.216. The van der Waals surface area contributed by atoms with E-state index < -0.39 is 0 Å². The number of rotatable bonds is 7. The van der Waals surface area contributed by atoms with Crippen LogP contribution in [0.3, 0.4) is 0 Å². The molecule has 0 radical (unpaired) electrons. The van der Waals surface area contributed by atoms with Gasteiger partial charge in [0.1, 0.15) is 0 Å². The van der Waals surface area contributed by atoms with E-state index in [1.54, 1.807) is 0 Å². The summed E-state index contributed by atoms with van der Waals surface area (Å²) in [5, 5.41) is 0. The molecule has 0 spiro atoms. The van der Waals surface area contributed by atoms with Gasteiger partial charge >= 0.3 is 0 Å². The Bertz CT molecular complexity index is 1130. The van der Waals surface area contributed by atoms with E-state index in [0.717, 1.165) is 33.6 Å². The van der Waals surface area contributed by atoms with Crippen molar-refractivity contribution in [3.05, 3.63) is 120 Å². The zero-order chi connectivity index (χ0) is 23.6. The second-order valence-electron chi connectivity index (χ2n) is 7.53. The highest BCUT2D eigenvalue weighted by molar-refractivity contribution is 5.97. The molecule has 4 rings (SSSR count). The highest BCUT2D eigenvalue weighted by atomic mass is 16.5. The van der Waals surface area contributed by atoms with Gasteiger partial charge in [0.15, 0.2) is 0 Å². The van der Waals surface area contributed by atoms with Gasteiger partial charge in [-0.3, -0.25) is 0 Å². The van der Waals surface area contributed by atoms with Crippen molar-refractivity contribution in [1.29, 1.82) is 0 Å². The summed E-state index contributed by atoms with van der Waals surface area (Å²) >= 11 is 0. The maximum absolute atomic E-state index is 5.81. The molecule has 0 amide bonds. The van der Waals surface area contributed by atoms with Gasteiger partial charge < -0.3 is 9.47 Å². The summed E-state index contributed by atoms with van der Waals surface area (Å²) in [6, 6.07) is 36.2. The average molecular weight is 449 g/mol. The predicted octanol–water partition coefficient (Wildman–Crippen LogP) is 7.58. The molecule has 0 aliphatic rings. The molecule has 0 aromatic heterocycles. The monoisotopic (exact) mass is 448 g/mol. The second kappa shape index (κ2) is 11.6. The zero-order valence-corrected chi connectivity index (χ0v) is 19.5. The Kier molecular flexibility index (Phi) is 7.86. The van der Waals surface area contributed by atoms with Crippen LogP contribution >= 0.6 is 0 Å². The van der Waals surface area contributed by atoms with Crippen molar-refractivity contribution in [3.63, 3.8) is 0 Å². The summed E-state index contributed by atoms with van der Waals surface area (Å²) in [6.07, 6.45) is 0. The number of hydrogen-bond acceptors (Lipinski definition) is 4. The molecule has 0 bridgehead atoms. The van der Waals surface area contributed by atoms with Crippen LogP contribution < -0.4 is 0 Å². The van der Waals surface area contributed by atoms with Crippen LogP contribution in [0.15, 0.2) is 119 Å². The smallest absolute Gasteiger partial charge is 0.221 e. The summed E-state index contributed by atoms with van der Waals surface area (Å²) in [5.74, 6) is 1.24. The minimum Gasteiger partial charge on any atom is -0.478 e. The normalized spacial score (nSPS) is 11.8. The van der Waals surface area contributed by atoms with Gasteiger partial charge in [-0.1, -0.05) is 60.7 Å². The number of para-hydroxylation sites is 2. The fourth-order valence-corrected chi connectivity index (χ4v) is 3.48. The number of benzene rings is 4. The Morgan fingerprint density at radius 3 is 1.18 bits per heavy atom. The third kappa shape index (κ3) is 5.99. The van der Waals surface area contributed by atoms with E-state index in [2.05, 4.69) is 34.3 Å². The van der Waals surface area contributed by atoms with Crippen LogP contribution in [0, 0.1) is 0 Å². The Morgan fingerprint density at radius 2 is 0.853 bits per heavy atom. The van der Waals surface area contributed by atoms with Gasteiger partial charge in [0.05, 0.1) is 24.6 Å². The van der Waals surface area contributed by atoms with Crippen LogP contribution in [0.4, 0.5) is 11.4 Å². The molecule has 4 aromatic carbocycles. The predicted molar refractivity (Wildman–Crippen MR) is 140 cm³/mol. The largest absolute Gasteiger partial charge is 0.478 e. The zero-order valence-electron chi connectivity index (χ0n) is 19.5. The summed E-state index contributed by atoms with van der Waals surface area (Å²) in [6.45, 7) is 5.05. The fraction of sp³-hybridized carbons (Fsp3) is 0.133. The van der Waals surface area contributed by atoms with E-state index >= 15 is 0 Å². The third-order valence-corrected chi connectivity index (χ3v) is 5.13. The SMILES string of the molecule is CCOC(=Nc1ccccc1)c1ccc(-c2ccc(C(=Nc3ccccc3)OCC)cc2)cc1. The summed E-state index contributed by atoms with van der Waals surface area (Å²) in [5.41, 5.74) is 5.85. The molecule has 4 nitrogen and oxygen atoms in total. The van der Waals surface area contributed by atoms with Gasteiger partial charge in [0, 0.05) is 11.1 Å². The lowest BCUT2D eigenvalue weighted by Gasteiger charge is -2.10. The molecule has 0 aliphatic heterocycles. The Balaban J connectivity index is 1.56. The molecule has 4 aromatic rings. The average Bonchev–Trinajstić information content (AvgIpc) is 2.90. The first-order valence-electron chi connectivity index (χ1n) is 11.5. The van der Waals surface area contributed by atoms with E-state index in [0.29, 0.717) is 25.0 Å². The first-order chi connectivity index (χ1) is 16.8. The van der Waals surface area contributed by atoms with E-state index in [-0.39, 0.29) is 0 Å². The lowest BCUT2D eigenvalue weighted by Crippen LogP contribution is -2.06. The van der Waals surface area contributed by atoms with Crippen LogP contribution in [0.2, 0.25) is 0 Å². The molecule has 0 unspecified atom stereocenters. The molecule has 0 atom stereocenters. The van der Waals surface area contributed by atoms with Crippen molar-refractivity contribution in [2.75, 3.05) is 13.2 Å². The van der Waals surface area contributed by atoms with Crippen LogP contribution in [0.25, 0.3) is 11.1 Å². The number of aliphatic imine (C=N–C) groups is 2. The standard InChI is InChI=1S/C30H28N2O2/c1-3-33-29(31-27-11-7-5-8-12-27)25-19-15-23(16-20-25)24-17-21-26(22-18-24)30(34-4-2)32-28-13-9-6-10-14-28/h5-22H,3-4H2,1-2H3.